The van der Waals surface area contributed by atoms with Crippen LogP contribution in [-0.2, 0) is 11.2 Å². The van der Waals surface area contributed by atoms with Crippen molar-refractivity contribution in [1.29, 1.82) is 0 Å². The normalized spacial score (nSPS) is 13.7. The highest BCUT2D eigenvalue weighted by Gasteiger charge is 2.22. The van der Waals surface area contributed by atoms with Crippen molar-refractivity contribution in [2.24, 2.45) is 0 Å². The van der Waals surface area contributed by atoms with Crippen molar-refractivity contribution in [2.45, 2.75) is 36.1 Å². The highest BCUT2D eigenvalue weighted by molar-refractivity contribution is 8.01. The molecule has 122 valence electrons. The molecule has 2 aromatic rings. The van der Waals surface area contributed by atoms with E-state index in [2.05, 4.69) is 33.0 Å². The van der Waals surface area contributed by atoms with E-state index in [4.69, 9.17) is 0 Å². The monoisotopic (exact) mass is 348 g/mol. The molecule has 1 heterocycles. The Kier molecular flexibility index (Phi) is 5.87. The fraction of sp³-hybridized carbons (Fsp3) is 0.438. The van der Waals surface area contributed by atoms with Crippen LogP contribution in [0, 0.1) is 0 Å². The molecule has 1 amide bonds. The van der Waals surface area contributed by atoms with Gasteiger partial charge in [0.1, 0.15) is 0 Å². The molecule has 0 aliphatic heterocycles. The van der Waals surface area contributed by atoms with Gasteiger partial charge in [0.2, 0.25) is 11.0 Å². The zero-order valence-electron chi connectivity index (χ0n) is 12.8. The zero-order chi connectivity index (χ0) is 15.9. The summed E-state index contributed by atoms with van der Waals surface area (Å²) in [6.07, 6.45) is 4.37. The number of carbonyl (C=O) groups excluding carboxylic acids is 1. The molecular weight excluding hydrogens is 328 g/mol. The lowest BCUT2D eigenvalue weighted by atomic mass is 10.1. The molecule has 0 spiro atoms. The molecule has 0 bridgehead atoms. The average molecular weight is 348 g/mol. The van der Waals surface area contributed by atoms with Crippen molar-refractivity contribution in [1.82, 2.24) is 15.5 Å². The summed E-state index contributed by atoms with van der Waals surface area (Å²) in [6.45, 7) is 0.707. The van der Waals surface area contributed by atoms with Crippen LogP contribution < -0.4 is 10.6 Å². The lowest BCUT2D eigenvalue weighted by molar-refractivity contribution is -0.118. The summed E-state index contributed by atoms with van der Waals surface area (Å²) < 4.78 is 0.840. The molecule has 0 unspecified atom stereocenters. The molecular formula is C16H20N4OS2. The van der Waals surface area contributed by atoms with Crippen LogP contribution >= 0.6 is 23.1 Å². The predicted octanol–water partition coefficient (Wildman–Crippen LogP) is 2.95. The first kappa shape index (κ1) is 16.3. The van der Waals surface area contributed by atoms with Crippen LogP contribution in [0.25, 0.3) is 0 Å². The van der Waals surface area contributed by atoms with Gasteiger partial charge in [-0.1, -0.05) is 53.4 Å². The van der Waals surface area contributed by atoms with Gasteiger partial charge in [0, 0.05) is 12.6 Å². The van der Waals surface area contributed by atoms with Gasteiger partial charge < -0.3 is 10.6 Å². The maximum absolute atomic E-state index is 11.8. The molecule has 1 aliphatic carbocycles. The van der Waals surface area contributed by atoms with Crippen LogP contribution in [0.5, 0.6) is 0 Å². The molecule has 1 aromatic carbocycles. The Morgan fingerprint density at radius 2 is 2.09 bits per heavy atom. The quantitative estimate of drug-likeness (QED) is 0.539. The zero-order valence-corrected chi connectivity index (χ0v) is 14.5. The van der Waals surface area contributed by atoms with Gasteiger partial charge in [-0.2, -0.15) is 0 Å². The van der Waals surface area contributed by atoms with Gasteiger partial charge >= 0.3 is 0 Å². The van der Waals surface area contributed by atoms with Crippen molar-refractivity contribution >= 4 is 34.1 Å². The van der Waals surface area contributed by atoms with Crippen molar-refractivity contribution < 1.29 is 4.79 Å². The van der Waals surface area contributed by atoms with Crippen LogP contribution in [0.15, 0.2) is 34.7 Å². The minimum atomic E-state index is 0.0509. The van der Waals surface area contributed by atoms with Crippen molar-refractivity contribution in [3.8, 4) is 0 Å². The number of amides is 1. The molecule has 1 aliphatic rings. The topological polar surface area (TPSA) is 66.9 Å². The number of rotatable bonds is 9. The summed E-state index contributed by atoms with van der Waals surface area (Å²) in [5, 5.41) is 15.3. The highest BCUT2D eigenvalue weighted by atomic mass is 32.2. The molecule has 1 aromatic heterocycles. The van der Waals surface area contributed by atoms with E-state index < -0.39 is 0 Å². The lowest BCUT2D eigenvalue weighted by Gasteiger charge is -2.04. The smallest absolute Gasteiger partial charge is 0.230 e. The number of aryl methyl sites for hydroxylation is 1. The average Bonchev–Trinajstić information content (AvgIpc) is 3.27. The fourth-order valence-electron chi connectivity index (χ4n) is 2.07. The van der Waals surface area contributed by atoms with Gasteiger partial charge in [0.25, 0.3) is 0 Å². The Labute approximate surface area is 144 Å². The minimum Gasteiger partial charge on any atom is -0.357 e. The Hall–Kier alpha value is -1.60. The number of aromatic nitrogens is 2. The number of anilines is 1. The molecule has 7 heteroatoms. The Balaban J connectivity index is 1.29. The summed E-state index contributed by atoms with van der Waals surface area (Å²) in [6, 6.07) is 10.9. The third-order valence-corrected chi connectivity index (χ3v) is 5.43. The second-order valence-electron chi connectivity index (χ2n) is 5.52. The number of hydrogen-bond acceptors (Lipinski definition) is 6. The first-order valence-electron chi connectivity index (χ1n) is 7.83. The van der Waals surface area contributed by atoms with E-state index in [0.29, 0.717) is 18.3 Å². The summed E-state index contributed by atoms with van der Waals surface area (Å²) in [5.74, 6) is 0.443. The van der Waals surface area contributed by atoms with Gasteiger partial charge in [0.15, 0.2) is 4.34 Å². The lowest BCUT2D eigenvalue weighted by Crippen LogP contribution is -2.26. The number of nitrogens with one attached hydrogen (secondary N) is 2. The van der Waals surface area contributed by atoms with E-state index in [9.17, 15) is 4.79 Å². The Bertz CT molecular complexity index is 628. The molecule has 0 saturated heterocycles. The highest BCUT2D eigenvalue weighted by Crippen LogP contribution is 2.29. The first-order valence-corrected chi connectivity index (χ1v) is 9.63. The summed E-state index contributed by atoms with van der Waals surface area (Å²) in [5.41, 5.74) is 1.31. The number of nitrogens with zero attached hydrogens (tertiary/aromatic N) is 2. The Morgan fingerprint density at radius 1 is 1.26 bits per heavy atom. The van der Waals surface area contributed by atoms with Crippen LogP contribution in [0.3, 0.4) is 0 Å². The van der Waals surface area contributed by atoms with Crippen LogP contribution in [-0.4, -0.2) is 34.4 Å². The number of hydrogen-bond donors (Lipinski definition) is 2. The molecule has 1 fully saturated rings. The minimum absolute atomic E-state index is 0.0509. The van der Waals surface area contributed by atoms with Gasteiger partial charge in [-0.15, -0.1) is 10.2 Å². The van der Waals surface area contributed by atoms with Gasteiger partial charge in [-0.05, 0) is 31.2 Å². The Morgan fingerprint density at radius 3 is 2.87 bits per heavy atom. The second-order valence-corrected chi connectivity index (χ2v) is 7.72. The standard InChI is InChI=1S/C16H20N4OS2/c21-14(17-10-4-7-12-5-2-1-3-6-12)11-22-16-20-19-15(23-16)18-13-8-9-13/h1-3,5-6,13H,4,7-11H2,(H,17,21)(H,18,19). The third-order valence-electron chi connectivity index (χ3n) is 3.45. The molecule has 3 rings (SSSR count). The van der Waals surface area contributed by atoms with E-state index in [0.717, 1.165) is 22.3 Å². The largest absolute Gasteiger partial charge is 0.357 e. The van der Waals surface area contributed by atoms with Crippen molar-refractivity contribution in [2.75, 3.05) is 17.6 Å². The summed E-state index contributed by atoms with van der Waals surface area (Å²) in [7, 11) is 0. The molecule has 23 heavy (non-hydrogen) atoms. The summed E-state index contributed by atoms with van der Waals surface area (Å²) in [4.78, 5) is 11.8. The number of benzene rings is 1. The predicted molar refractivity (Wildman–Crippen MR) is 95.1 cm³/mol. The molecule has 2 N–H and O–H groups in total. The number of thioether (sulfide) groups is 1. The van der Waals surface area contributed by atoms with E-state index in [1.54, 1.807) is 0 Å². The molecule has 1 saturated carbocycles. The van der Waals surface area contributed by atoms with E-state index in [1.165, 1.54) is 41.5 Å². The SMILES string of the molecule is O=C(CSc1nnc(NC2CC2)s1)NCCCc1ccccc1. The third kappa shape index (κ3) is 5.84. The maximum Gasteiger partial charge on any atom is 0.230 e. The van der Waals surface area contributed by atoms with Crippen molar-refractivity contribution in [3.63, 3.8) is 0 Å². The van der Waals surface area contributed by atoms with Crippen LogP contribution in [0.1, 0.15) is 24.8 Å². The maximum atomic E-state index is 11.8. The van der Waals surface area contributed by atoms with Crippen molar-refractivity contribution in [3.05, 3.63) is 35.9 Å². The first-order chi connectivity index (χ1) is 11.3. The van der Waals surface area contributed by atoms with Gasteiger partial charge in [0.05, 0.1) is 5.75 Å². The van der Waals surface area contributed by atoms with Gasteiger partial charge in [-0.25, -0.2) is 0 Å². The molecule has 5 nitrogen and oxygen atoms in total. The van der Waals surface area contributed by atoms with E-state index in [1.807, 2.05) is 18.2 Å². The van der Waals surface area contributed by atoms with Crippen LogP contribution in [0.2, 0.25) is 0 Å². The summed E-state index contributed by atoms with van der Waals surface area (Å²) >= 11 is 2.96. The van der Waals surface area contributed by atoms with E-state index in [-0.39, 0.29) is 5.91 Å². The van der Waals surface area contributed by atoms with E-state index >= 15 is 0 Å². The second kappa shape index (κ2) is 8.31. The molecule has 0 atom stereocenters. The fourth-order valence-corrected chi connectivity index (χ4v) is 3.73. The van der Waals surface area contributed by atoms with Crippen LogP contribution in [0.4, 0.5) is 5.13 Å². The number of carbonyl (C=O) groups is 1. The van der Waals surface area contributed by atoms with Gasteiger partial charge in [-0.3, -0.25) is 4.79 Å². The molecule has 0 radical (unpaired) electrons.